The maximum Gasteiger partial charge on any atom is 0.303 e. The number of hydrogen-bond donors (Lipinski definition) is 4. The number of benzene rings is 2. The van der Waals surface area contributed by atoms with Gasteiger partial charge in [0.1, 0.15) is 6.54 Å². The molecule has 20 heteroatoms. The lowest BCUT2D eigenvalue weighted by atomic mass is 9.81. The Morgan fingerprint density at radius 2 is 1.53 bits per heavy atom. The number of carboxylic acid groups (broad SMARTS) is 1. The van der Waals surface area contributed by atoms with Gasteiger partial charge in [-0.25, -0.2) is 18.0 Å². The smallest absolute Gasteiger partial charge is 0.303 e. The van der Waals surface area contributed by atoms with Crippen LogP contribution >= 0.6 is 12.0 Å². The van der Waals surface area contributed by atoms with Crippen LogP contribution in [-0.4, -0.2) is 103 Å². The molecule has 4 rings (SSSR count). The third-order valence-electron chi connectivity index (χ3n) is 10.0. The average Bonchev–Trinajstić information content (AvgIpc) is 3.47. The van der Waals surface area contributed by atoms with E-state index in [0.29, 0.717) is 35.5 Å². The second-order valence-corrected chi connectivity index (χ2v) is 20.6. The van der Waals surface area contributed by atoms with Crippen LogP contribution in [0.15, 0.2) is 94.4 Å². The van der Waals surface area contributed by atoms with Gasteiger partial charge in [0.2, 0.25) is 15.7 Å². The number of anilines is 1. The summed E-state index contributed by atoms with van der Waals surface area (Å²) in [6.45, 7) is 8.52. The molecule has 0 unspecified atom stereocenters. The van der Waals surface area contributed by atoms with Crippen molar-refractivity contribution in [1.29, 1.82) is 0 Å². The van der Waals surface area contributed by atoms with Gasteiger partial charge in [0.05, 0.1) is 21.0 Å². The largest absolute Gasteiger partial charge is 0.481 e. The van der Waals surface area contributed by atoms with Gasteiger partial charge in [0.25, 0.3) is 20.2 Å². The number of nitrogens with zero attached hydrogens (tertiary/aromatic N) is 3. The summed E-state index contributed by atoms with van der Waals surface area (Å²) in [7, 11) is -11.2. The fourth-order valence-electron chi connectivity index (χ4n) is 7.09. The zero-order valence-electron chi connectivity index (χ0n) is 32.8. The molecular formula is C38H50N3O13S4+. The number of aliphatic carboxylic acids is 1. The van der Waals surface area contributed by atoms with Crippen molar-refractivity contribution in [2.45, 2.75) is 74.0 Å². The van der Waals surface area contributed by atoms with Crippen LogP contribution in [0.1, 0.15) is 64.5 Å². The summed E-state index contributed by atoms with van der Waals surface area (Å²) in [4.78, 5) is 12.8. The molecule has 2 aromatic rings. The molecule has 0 aromatic heterocycles. The maximum absolute atomic E-state index is 13.5. The van der Waals surface area contributed by atoms with Crippen molar-refractivity contribution in [3.63, 3.8) is 0 Å². The molecule has 2 heterocycles. The Balaban J connectivity index is 1.61. The third-order valence-corrected chi connectivity index (χ3v) is 14.1. The molecule has 2 aliphatic rings. The van der Waals surface area contributed by atoms with Crippen LogP contribution in [0.2, 0.25) is 0 Å². The minimum absolute atomic E-state index is 0.0216. The first-order valence-electron chi connectivity index (χ1n) is 18.2. The highest BCUT2D eigenvalue weighted by Crippen LogP contribution is 2.48. The van der Waals surface area contributed by atoms with Crippen molar-refractivity contribution in [3.05, 3.63) is 95.8 Å². The standard InChI is InChI=1S/C38H49N3O13S4/c1-37(2)30-26-28(57(48,49)39(5)21-11-16-36(42)43)17-19-32(30)41(23-13-25-56(45,46)47)35(37)15-10-8-6-7-9-14-34-38(3,4)31-27-29(58(50,51)52)18-20-33(31)40(34)22-12-24-55-54-53-44/h6-10,14-15,17-20,26-27H,11-13,16,21-25H2,1-5H3,(H3-,42,43,44,45,46,47,50,51,52)/p+1. The summed E-state index contributed by atoms with van der Waals surface area (Å²) in [5, 5.41) is 21.1. The topological polar surface area (TPSA) is 228 Å². The van der Waals surface area contributed by atoms with Gasteiger partial charge in [-0.15, -0.1) is 4.33 Å². The summed E-state index contributed by atoms with van der Waals surface area (Å²) in [5.41, 5.74) is 3.13. The SMILES string of the molecule is CN(CCCC(=O)O)S(=O)(=O)c1ccc2c(c1)C(C)(C)C(/C=C/C=C/C=C/C=C1/N(CCCSOOO)c3ccc(S(=O)(=O)O)cc3C1(C)C)=[N+]2CCCS(=O)(=O)O. The summed E-state index contributed by atoms with van der Waals surface area (Å²) < 4.78 is 101. The molecule has 0 saturated heterocycles. The first-order valence-corrected chi connectivity index (χ1v) is 23.6. The second-order valence-electron chi connectivity index (χ2n) is 14.7. The van der Waals surface area contributed by atoms with Crippen LogP contribution in [0.25, 0.3) is 0 Å². The van der Waals surface area contributed by atoms with E-state index in [1.165, 1.54) is 25.2 Å². The Morgan fingerprint density at radius 1 is 0.879 bits per heavy atom. The van der Waals surface area contributed by atoms with E-state index in [0.717, 1.165) is 33.4 Å². The summed E-state index contributed by atoms with van der Waals surface area (Å²) in [6.07, 6.45) is 13.5. The molecule has 2 aliphatic heterocycles. The highest BCUT2D eigenvalue weighted by atomic mass is 32.2. The fourth-order valence-corrected chi connectivity index (χ4v) is 9.69. The second kappa shape index (κ2) is 19.1. The minimum Gasteiger partial charge on any atom is -0.481 e. The summed E-state index contributed by atoms with van der Waals surface area (Å²) >= 11 is 0.929. The van der Waals surface area contributed by atoms with Crippen molar-refractivity contribution in [2.24, 2.45) is 0 Å². The van der Waals surface area contributed by atoms with Crippen LogP contribution < -0.4 is 4.90 Å². The van der Waals surface area contributed by atoms with Crippen molar-refractivity contribution < 1.29 is 63.5 Å². The van der Waals surface area contributed by atoms with Gasteiger partial charge in [0, 0.05) is 85.3 Å². The van der Waals surface area contributed by atoms with Crippen LogP contribution in [0, 0.1) is 0 Å². The molecule has 0 amide bonds. The minimum atomic E-state index is -4.43. The Hall–Kier alpha value is -3.70. The van der Waals surface area contributed by atoms with E-state index < -0.39 is 52.8 Å². The molecule has 318 valence electrons. The number of carboxylic acids is 1. The molecule has 0 fully saturated rings. The van der Waals surface area contributed by atoms with Crippen molar-refractivity contribution in [2.75, 3.05) is 43.1 Å². The van der Waals surface area contributed by atoms with Gasteiger partial charge in [-0.1, -0.05) is 49.3 Å². The van der Waals surface area contributed by atoms with E-state index in [1.807, 2.05) is 56.6 Å². The molecule has 16 nitrogen and oxygen atoms in total. The van der Waals surface area contributed by atoms with Gasteiger partial charge < -0.3 is 10.0 Å². The zero-order chi connectivity index (χ0) is 43.1. The van der Waals surface area contributed by atoms with Gasteiger partial charge in [0.15, 0.2) is 5.71 Å². The van der Waals surface area contributed by atoms with E-state index in [4.69, 9.17) is 10.4 Å². The lowest BCUT2D eigenvalue weighted by Gasteiger charge is -2.27. The highest BCUT2D eigenvalue weighted by Gasteiger charge is 2.45. The number of rotatable bonds is 21. The fraction of sp³-hybridized carbons (Fsp3) is 0.421. The number of sulfonamides is 1. The molecule has 0 saturated carbocycles. The van der Waals surface area contributed by atoms with Crippen molar-refractivity contribution >= 4 is 65.4 Å². The van der Waals surface area contributed by atoms with E-state index in [2.05, 4.69) is 14.3 Å². The molecule has 0 bridgehead atoms. The molecule has 0 aliphatic carbocycles. The lowest BCUT2D eigenvalue weighted by molar-refractivity contribution is -0.437. The molecule has 0 radical (unpaired) electrons. The number of fused-ring (bicyclic) bond motifs is 2. The van der Waals surface area contributed by atoms with E-state index in [-0.39, 0.29) is 42.1 Å². The van der Waals surface area contributed by atoms with E-state index in [1.54, 1.807) is 36.4 Å². The molecule has 58 heavy (non-hydrogen) atoms. The zero-order valence-corrected chi connectivity index (χ0v) is 36.1. The summed E-state index contributed by atoms with van der Waals surface area (Å²) in [5.74, 6) is -0.992. The van der Waals surface area contributed by atoms with Crippen molar-refractivity contribution in [3.8, 4) is 0 Å². The van der Waals surface area contributed by atoms with Gasteiger partial charge in [-0.05, 0) is 68.7 Å². The normalized spacial score (nSPS) is 17.5. The third kappa shape index (κ3) is 11.3. The van der Waals surface area contributed by atoms with Gasteiger partial charge >= 0.3 is 5.97 Å². The Morgan fingerprint density at radius 3 is 2.19 bits per heavy atom. The van der Waals surface area contributed by atoms with Gasteiger partial charge in [-0.3, -0.25) is 13.9 Å². The highest BCUT2D eigenvalue weighted by molar-refractivity contribution is 7.94. The predicted molar refractivity (Wildman–Crippen MR) is 221 cm³/mol. The van der Waals surface area contributed by atoms with Gasteiger partial charge in [-0.2, -0.15) is 21.4 Å². The monoisotopic (exact) mass is 884 g/mol. The molecule has 4 N–H and O–H groups in total. The predicted octanol–water partition coefficient (Wildman–Crippen LogP) is 5.88. The quantitative estimate of drug-likeness (QED) is 0.0218. The van der Waals surface area contributed by atoms with Crippen molar-refractivity contribution in [1.82, 2.24) is 4.31 Å². The lowest BCUT2D eigenvalue weighted by Crippen LogP contribution is -2.29. The van der Waals surface area contributed by atoms with Crippen LogP contribution in [0.5, 0.6) is 0 Å². The molecule has 0 atom stereocenters. The van der Waals surface area contributed by atoms with Crippen LogP contribution in [0.4, 0.5) is 11.4 Å². The van der Waals surface area contributed by atoms with E-state index >= 15 is 0 Å². The molecule has 0 spiro atoms. The molecular weight excluding hydrogens is 835 g/mol. The first-order chi connectivity index (χ1) is 27.0. The number of hydrogen-bond acceptors (Lipinski definition) is 12. The molecule has 2 aromatic carbocycles. The Labute approximate surface area is 344 Å². The van der Waals surface area contributed by atoms with E-state index in [9.17, 15) is 39.2 Å². The number of carbonyl (C=O) groups is 1. The Bertz CT molecular complexity index is 2350. The average molecular weight is 885 g/mol. The first kappa shape index (κ1) is 47.0. The maximum atomic E-state index is 13.5. The Kier molecular flexibility index (Phi) is 15.5. The summed E-state index contributed by atoms with van der Waals surface area (Å²) in [6, 6.07) is 9.21. The van der Waals surface area contributed by atoms with Crippen LogP contribution in [0.3, 0.4) is 0 Å². The van der Waals surface area contributed by atoms with Crippen LogP contribution in [-0.2, 0) is 55.3 Å². The number of allylic oxidation sites excluding steroid dienone is 8.